The molecule has 0 aromatic carbocycles. The Hall–Kier alpha value is -1.12. The van der Waals surface area contributed by atoms with Crippen LogP contribution in [0.5, 0.6) is 0 Å². The van der Waals surface area contributed by atoms with Crippen molar-refractivity contribution in [1.29, 1.82) is 0 Å². The van der Waals surface area contributed by atoms with Gasteiger partial charge < -0.3 is 10.3 Å². The molecule has 1 rings (SSSR count). The molecule has 7 nitrogen and oxygen atoms in total. The quantitative estimate of drug-likeness (QED) is 0.698. The maximum absolute atomic E-state index is 11.6. The maximum atomic E-state index is 11.6. The summed E-state index contributed by atoms with van der Waals surface area (Å²) >= 11 is 0. The van der Waals surface area contributed by atoms with E-state index in [1.807, 2.05) is 32.8 Å². The van der Waals surface area contributed by atoms with Gasteiger partial charge in [0.25, 0.3) is 0 Å². The molecule has 0 aliphatic heterocycles. The molecule has 0 aliphatic rings. The lowest BCUT2D eigenvalue weighted by atomic mass is 10.4. The highest BCUT2D eigenvalue weighted by molar-refractivity contribution is 7.89. The smallest absolute Gasteiger partial charge is 0.229 e. The van der Waals surface area contributed by atoms with Crippen LogP contribution in [-0.4, -0.2) is 49.5 Å². The van der Waals surface area contributed by atoms with Crippen molar-refractivity contribution >= 4 is 15.7 Å². The average Bonchev–Trinajstić information content (AvgIpc) is 2.73. The lowest BCUT2D eigenvalue weighted by Gasteiger charge is -2.11. The molecule has 0 unspecified atom stereocenters. The molecule has 2 N–H and O–H groups in total. The molecule has 0 fully saturated rings. The second-order valence-electron chi connectivity index (χ2n) is 4.65. The number of anilines is 1. The lowest BCUT2D eigenvalue weighted by Crippen LogP contribution is -2.35. The minimum absolute atomic E-state index is 0.0469. The fourth-order valence-electron chi connectivity index (χ4n) is 1.18. The molecule has 0 saturated heterocycles. The molecule has 0 atom stereocenters. The molecule has 0 saturated carbocycles. The SMILES string of the molecule is CC(C)n1cc(NNS(=O)(=O)CCN(C)C)cn1. The largest absolute Gasteiger partial charge is 0.308 e. The van der Waals surface area contributed by atoms with E-state index in [-0.39, 0.29) is 11.8 Å². The van der Waals surface area contributed by atoms with Gasteiger partial charge in [-0.05, 0) is 27.9 Å². The summed E-state index contributed by atoms with van der Waals surface area (Å²) in [7, 11) is 0.332. The van der Waals surface area contributed by atoms with E-state index in [4.69, 9.17) is 0 Å². The standard InChI is InChI=1S/C10H21N5O2S/c1-9(2)15-8-10(7-11-15)12-13-18(16,17)6-5-14(3)4/h7-9,12-13H,5-6H2,1-4H3. The van der Waals surface area contributed by atoms with Crippen LogP contribution in [-0.2, 0) is 10.0 Å². The summed E-state index contributed by atoms with van der Waals surface area (Å²) < 4.78 is 25.0. The summed E-state index contributed by atoms with van der Waals surface area (Å²) in [5, 5.41) is 4.10. The van der Waals surface area contributed by atoms with Gasteiger partial charge in [-0.2, -0.15) is 5.10 Å². The van der Waals surface area contributed by atoms with Crippen LogP contribution >= 0.6 is 0 Å². The number of nitrogens with zero attached hydrogens (tertiary/aromatic N) is 3. The number of hydrazine groups is 1. The van der Waals surface area contributed by atoms with E-state index in [9.17, 15) is 8.42 Å². The van der Waals surface area contributed by atoms with Crippen LogP contribution in [0.1, 0.15) is 19.9 Å². The van der Waals surface area contributed by atoms with Crippen molar-refractivity contribution < 1.29 is 8.42 Å². The predicted octanol–water partition coefficient (Wildman–Crippen LogP) is 0.272. The van der Waals surface area contributed by atoms with Gasteiger partial charge in [0.2, 0.25) is 10.0 Å². The van der Waals surface area contributed by atoms with E-state index < -0.39 is 10.0 Å². The second kappa shape index (κ2) is 6.17. The fraction of sp³-hybridized carbons (Fsp3) is 0.700. The number of hydrogen-bond acceptors (Lipinski definition) is 5. The Kier molecular flexibility index (Phi) is 5.12. The molecule has 0 amide bonds. The van der Waals surface area contributed by atoms with E-state index >= 15 is 0 Å². The first-order valence-corrected chi connectivity index (χ1v) is 7.40. The van der Waals surface area contributed by atoms with Crippen LogP contribution in [0.2, 0.25) is 0 Å². The summed E-state index contributed by atoms with van der Waals surface area (Å²) in [4.78, 5) is 4.14. The highest BCUT2D eigenvalue weighted by Crippen LogP contribution is 2.08. The van der Waals surface area contributed by atoms with Crippen LogP contribution < -0.4 is 10.3 Å². The van der Waals surface area contributed by atoms with Crippen molar-refractivity contribution in [2.45, 2.75) is 19.9 Å². The van der Waals surface area contributed by atoms with E-state index in [0.717, 1.165) is 0 Å². The zero-order chi connectivity index (χ0) is 13.8. The molecule has 18 heavy (non-hydrogen) atoms. The lowest BCUT2D eigenvalue weighted by molar-refractivity contribution is 0.431. The van der Waals surface area contributed by atoms with Crippen LogP contribution in [0.3, 0.4) is 0 Å². The molecule has 0 bridgehead atoms. The number of hydrogen-bond donors (Lipinski definition) is 2. The average molecular weight is 275 g/mol. The van der Waals surface area contributed by atoms with Crippen LogP contribution in [0.25, 0.3) is 0 Å². The van der Waals surface area contributed by atoms with Crippen molar-refractivity contribution in [2.24, 2.45) is 0 Å². The molecule has 0 radical (unpaired) electrons. The Labute approximate surface area is 108 Å². The zero-order valence-corrected chi connectivity index (χ0v) is 12.0. The molecule has 8 heteroatoms. The molecule has 1 aromatic heterocycles. The van der Waals surface area contributed by atoms with Crippen molar-refractivity contribution in [3.63, 3.8) is 0 Å². The molecule has 0 aliphatic carbocycles. The van der Waals surface area contributed by atoms with E-state index in [2.05, 4.69) is 15.4 Å². The summed E-state index contributed by atoms with van der Waals surface area (Å²) in [6.07, 6.45) is 3.33. The van der Waals surface area contributed by atoms with Crippen molar-refractivity contribution in [2.75, 3.05) is 31.8 Å². The molecule has 1 heterocycles. The highest BCUT2D eigenvalue weighted by atomic mass is 32.2. The minimum atomic E-state index is -3.33. The summed E-state index contributed by atoms with van der Waals surface area (Å²) in [5.74, 6) is 0.0469. The Bertz CT molecular complexity index is 466. The Balaban J connectivity index is 2.48. The third-order valence-electron chi connectivity index (χ3n) is 2.29. The Morgan fingerprint density at radius 1 is 1.44 bits per heavy atom. The van der Waals surface area contributed by atoms with Gasteiger partial charge in [0.15, 0.2) is 0 Å². The Morgan fingerprint density at radius 2 is 2.11 bits per heavy atom. The molecule has 0 spiro atoms. The van der Waals surface area contributed by atoms with E-state index in [1.54, 1.807) is 17.1 Å². The van der Waals surface area contributed by atoms with Crippen LogP contribution in [0, 0.1) is 0 Å². The van der Waals surface area contributed by atoms with Gasteiger partial charge >= 0.3 is 0 Å². The number of sulfonamides is 1. The van der Waals surface area contributed by atoms with Gasteiger partial charge in [0.05, 0.1) is 17.6 Å². The molecular formula is C10H21N5O2S. The molecular weight excluding hydrogens is 254 g/mol. The Morgan fingerprint density at radius 3 is 2.61 bits per heavy atom. The topological polar surface area (TPSA) is 79.3 Å². The first kappa shape index (κ1) is 14.9. The van der Waals surface area contributed by atoms with Crippen molar-refractivity contribution in [3.8, 4) is 0 Å². The number of nitrogens with one attached hydrogen (secondary N) is 2. The summed E-state index contributed by atoms with van der Waals surface area (Å²) in [6, 6.07) is 0.242. The van der Waals surface area contributed by atoms with Gasteiger partial charge in [0, 0.05) is 18.8 Å². The van der Waals surface area contributed by atoms with Crippen molar-refractivity contribution in [1.82, 2.24) is 19.5 Å². The zero-order valence-electron chi connectivity index (χ0n) is 11.2. The highest BCUT2D eigenvalue weighted by Gasteiger charge is 2.10. The van der Waals surface area contributed by atoms with Gasteiger partial charge in [-0.1, -0.05) is 0 Å². The van der Waals surface area contributed by atoms with E-state index in [0.29, 0.717) is 12.2 Å². The third-order valence-corrected chi connectivity index (χ3v) is 3.42. The normalized spacial score (nSPS) is 12.3. The first-order chi connectivity index (χ1) is 8.30. The first-order valence-electron chi connectivity index (χ1n) is 5.74. The fourth-order valence-corrected chi connectivity index (χ4v) is 2.16. The summed E-state index contributed by atoms with van der Waals surface area (Å²) in [5.41, 5.74) is 3.27. The van der Waals surface area contributed by atoms with Crippen molar-refractivity contribution in [3.05, 3.63) is 12.4 Å². The van der Waals surface area contributed by atoms with Gasteiger partial charge in [-0.3, -0.25) is 4.68 Å². The predicted molar refractivity (Wildman–Crippen MR) is 71.7 cm³/mol. The minimum Gasteiger partial charge on any atom is -0.308 e. The third kappa shape index (κ3) is 5.03. The van der Waals surface area contributed by atoms with Crippen LogP contribution in [0.4, 0.5) is 5.69 Å². The number of aromatic nitrogens is 2. The van der Waals surface area contributed by atoms with E-state index in [1.165, 1.54) is 0 Å². The van der Waals surface area contributed by atoms with Gasteiger partial charge in [-0.25, -0.2) is 8.42 Å². The molecule has 104 valence electrons. The van der Waals surface area contributed by atoms with Gasteiger partial charge in [0.1, 0.15) is 0 Å². The van der Waals surface area contributed by atoms with Crippen LogP contribution in [0.15, 0.2) is 12.4 Å². The number of rotatable bonds is 7. The van der Waals surface area contributed by atoms with Gasteiger partial charge in [-0.15, -0.1) is 4.83 Å². The maximum Gasteiger partial charge on any atom is 0.229 e. The summed E-state index contributed by atoms with van der Waals surface area (Å²) in [6.45, 7) is 4.47. The second-order valence-corrected chi connectivity index (χ2v) is 6.49. The monoisotopic (exact) mass is 275 g/mol. The molecule has 1 aromatic rings.